The molecule has 1 aliphatic rings. The molecule has 19 heavy (non-hydrogen) atoms. The molecule has 0 radical (unpaired) electrons. The normalized spacial score (nSPS) is 15.6. The summed E-state index contributed by atoms with van der Waals surface area (Å²) in [6, 6.07) is 10.5. The van der Waals surface area contributed by atoms with Crippen molar-refractivity contribution in [2.24, 2.45) is 11.8 Å². The number of benzene rings is 1. The molecule has 100 valence electrons. The van der Waals surface area contributed by atoms with Crippen molar-refractivity contribution in [1.29, 1.82) is 5.26 Å². The molecule has 0 aliphatic heterocycles. The van der Waals surface area contributed by atoms with E-state index in [1.807, 2.05) is 30.9 Å². The van der Waals surface area contributed by atoms with E-state index >= 15 is 0 Å². The van der Waals surface area contributed by atoms with Crippen molar-refractivity contribution < 1.29 is 4.79 Å². The van der Waals surface area contributed by atoms with Gasteiger partial charge in [-0.1, -0.05) is 24.3 Å². The Morgan fingerprint density at radius 2 is 2.00 bits per heavy atom. The van der Waals surface area contributed by atoms with Crippen molar-refractivity contribution in [2.45, 2.75) is 26.7 Å². The second kappa shape index (κ2) is 5.88. The number of fused-ring (bicyclic) bond motifs is 1. The average molecular weight is 256 g/mol. The third-order valence-corrected chi connectivity index (χ3v) is 3.81. The first-order valence-corrected chi connectivity index (χ1v) is 6.90. The van der Waals surface area contributed by atoms with Crippen molar-refractivity contribution >= 4 is 5.91 Å². The zero-order valence-electron chi connectivity index (χ0n) is 11.6. The Balaban J connectivity index is 2.03. The molecule has 3 nitrogen and oxygen atoms in total. The van der Waals surface area contributed by atoms with Crippen molar-refractivity contribution in [3.8, 4) is 6.07 Å². The molecule has 0 heterocycles. The molecule has 0 saturated carbocycles. The molecule has 1 atom stereocenters. The van der Waals surface area contributed by atoms with Crippen LogP contribution in [-0.2, 0) is 17.6 Å². The monoisotopic (exact) mass is 256 g/mol. The largest absolute Gasteiger partial charge is 0.341 e. The van der Waals surface area contributed by atoms with E-state index in [0.717, 1.165) is 12.8 Å². The molecule has 0 bridgehead atoms. The van der Waals surface area contributed by atoms with Gasteiger partial charge in [0.25, 0.3) is 0 Å². The number of hydrogen-bond acceptors (Lipinski definition) is 2. The maximum atomic E-state index is 12.5. The summed E-state index contributed by atoms with van der Waals surface area (Å²) in [6.45, 7) is 5.06. The number of carbonyl (C=O) groups is 1. The molecule has 0 spiro atoms. The SMILES string of the molecule is CCN(CC(C)C#N)C(=O)C1Cc2ccccc2C1. The lowest BCUT2D eigenvalue weighted by molar-refractivity contribution is -0.135. The molecule has 0 N–H and O–H groups in total. The Labute approximate surface area is 114 Å². The molecule has 1 aromatic rings. The van der Waals surface area contributed by atoms with Crippen LogP contribution in [-0.4, -0.2) is 23.9 Å². The van der Waals surface area contributed by atoms with Gasteiger partial charge in [-0.05, 0) is 37.8 Å². The summed E-state index contributed by atoms with van der Waals surface area (Å²) in [5.41, 5.74) is 2.59. The second-order valence-corrected chi connectivity index (χ2v) is 5.28. The minimum Gasteiger partial charge on any atom is -0.341 e. The van der Waals surface area contributed by atoms with Gasteiger partial charge in [0.1, 0.15) is 0 Å². The minimum atomic E-state index is -0.104. The first kappa shape index (κ1) is 13.6. The van der Waals surface area contributed by atoms with Gasteiger partial charge in [0, 0.05) is 19.0 Å². The zero-order valence-corrected chi connectivity index (χ0v) is 11.6. The Morgan fingerprint density at radius 1 is 1.42 bits per heavy atom. The highest BCUT2D eigenvalue weighted by molar-refractivity contribution is 5.80. The van der Waals surface area contributed by atoms with Crippen molar-refractivity contribution in [2.75, 3.05) is 13.1 Å². The number of amides is 1. The second-order valence-electron chi connectivity index (χ2n) is 5.28. The lowest BCUT2D eigenvalue weighted by Gasteiger charge is -2.25. The van der Waals surface area contributed by atoms with Gasteiger partial charge in [0.15, 0.2) is 0 Å². The van der Waals surface area contributed by atoms with Crippen LogP contribution in [0.3, 0.4) is 0 Å². The third-order valence-electron chi connectivity index (χ3n) is 3.81. The Hall–Kier alpha value is -1.82. The molecule has 0 fully saturated rings. The number of rotatable bonds is 4. The predicted octanol–water partition coefficient (Wildman–Crippen LogP) is 2.41. The van der Waals surface area contributed by atoms with E-state index in [0.29, 0.717) is 13.1 Å². The molecule has 0 aromatic heterocycles. The van der Waals surface area contributed by atoms with E-state index in [1.54, 1.807) is 0 Å². The Morgan fingerprint density at radius 3 is 2.47 bits per heavy atom. The van der Waals surface area contributed by atoms with E-state index in [1.165, 1.54) is 11.1 Å². The summed E-state index contributed by atoms with van der Waals surface area (Å²) in [5.74, 6) is 0.150. The average Bonchev–Trinajstić information content (AvgIpc) is 2.87. The molecular weight excluding hydrogens is 236 g/mol. The lowest BCUT2D eigenvalue weighted by atomic mass is 10.0. The van der Waals surface area contributed by atoms with Crippen LogP contribution in [0.15, 0.2) is 24.3 Å². The fourth-order valence-electron chi connectivity index (χ4n) is 2.74. The van der Waals surface area contributed by atoms with Gasteiger partial charge in [-0.15, -0.1) is 0 Å². The molecule has 1 amide bonds. The summed E-state index contributed by atoms with van der Waals surface area (Å²) in [5, 5.41) is 8.88. The number of carbonyl (C=O) groups excluding carboxylic acids is 1. The Kier molecular flexibility index (Phi) is 4.21. The van der Waals surface area contributed by atoms with Crippen LogP contribution in [0.25, 0.3) is 0 Å². The van der Waals surface area contributed by atoms with E-state index < -0.39 is 0 Å². The standard InChI is InChI=1S/C16H20N2O/c1-3-18(11-12(2)10-17)16(19)15-8-13-6-4-5-7-14(13)9-15/h4-7,12,15H,3,8-9,11H2,1-2H3. The van der Waals surface area contributed by atoms with E-state index in [-0.39, 0.29) is 17.7 Å². The van der Waals surface area contributed by atoms with Gasteiger partial charge in [-0.2, -0.15) is 5.26 Å². The summed E-state index contributed by atoms with van der Waals surface area (Å²) in [6.07, 6.45) is 1.68. The summed E-state index contributed by atoms with van der Waals surface area (Å²) in [4.78, 5) is 14.3. The van der Waals surface area contributed by atoms with Crippen LogP contribution in [0.4, 0.5) is 0 Å². The van der Waals surface area contributed by atoms with E-state index in [4.69, 9.17) is 5.26 Å². The van der Waals surface area contributed by atoms with Crippen LogP contribution in [0.5, 0.6) is 0 Å². The topological polar surface area (TPSA) is 44.1 Å². The molecule has 1 unspecified atom stereocenters. The van der Waals surface area contributed by atoms with Gasteiger partial charge < -0.3 is 4.90 Å². The molecular formula is C16H20N2O. The number of nitrogens with zero attached hydrogens (tertiary/aromatic N) is 2. The quantitative estimate of drug-likeness (QED) is 0.830. The van der Waals surface area contributed by atoms with Gasteiger partial charge in [-0.3, -0.25) is 4.79 Å². The molecule has 0 saturated heterocycles. The van der Waals surface area contributed by atoms with Crippen LogP contribution >= 0.6 is 0 Å². The molecule has 2 rings (SSSR count). The molecule has 1 aliphatic carbocycles. The minimum absolute atomic E-state index is 0.0586. The summed E-state index contributed by atoms with van der Waals surface area (Å²) < 4.78 is 0. The number of nitriles is 1. The lowest BCUT2D eigenvalue weighted by Crippen LogP contribution is -2.39. The van der Waals surface area contributed by atoms with E-state index in [9.17, 15) is 4.79 Å². The van der Waals surface area contributed by atoms with Crippen LogP contribution in [0.1, 0.15) is 25.0 Å². The fourth-order valence-corrected chi connectivity index (χ4v) is 2.74. The Bertz CT molecular complexity index is 479. The van der Waals surface area contributed by atoms with Crippen LogP contribution in [0.2, 0.25) is 0 Å². The van der Waals surface area contributed by atoms with Gasteiger partial charge in [-0.25, -0.2) is 0 Å². The van der Waals surface area contributed by atoms with Crippen molar-refractivity contribution in [3.05, 3.63) is 35.4 Å². The molecule has 1 aromatic carbocycles. The fraction of sp³-hybridized carbons (Fsp3) is 0.500. The summed E-state index contributed by atoms with van der Waals surface area (Å²) >= 11 is 0. The smallest absolute Gasteiger partial charge is 0.226 e. The van der Waals surface area contributed by atoms with Gasteiger partial charge >= 0.3 is 0 Å². The third kappa shape index (κ3) is 2.96. The maximum absolute atomic E-state index is 12.5. The maximum Gasteiger partial charge on any atom is 0.226 e. The first-order chi connectivity index (χ1) is 9.15. The van der Waals surface area contributed by atoms with Gasteiger partial charge in [0.2, 0.25) is 5.91 Å². The highest BCUT2D eigenvalue weighted by atomic mass is 16.2. The highest BCUT2D eigenvalue weighted by Gasteiger charge is 2.30. The first-order valence-electron chi connectivity index (χ1n) is 6.90. The molecule has 3 heteroatoms. The number of hydrogen-bond donors (Lipinski definition) is 0. The van der Waals surface area contributed by atoms with Crippen molar-refractivity contribution in [1.82, 2.24) is 4.90 Å². The highest BCUT2D eigenvalue weighted by Crippen LogP contribution is 2.27. The van der Waals surface area contributed by atoms with E-state index in [2.05, 4.69) is 18.2 Å². The predicted molar refractivity (Wildman–Crippen MR) is 74.4 cm³/mol. The zero-order chi connectivity index (χ0) is 13.8. The van der Waals surface area contributed by atoms with Crippen LogP contribution in [0, 0.1) is 23.2 Å². The van der Waals surface area contributed by atoms with Crippen molar-refractivity contribution in [3.63, 3.8) is 0 Å². The van der Waals surface area contributed by atoms with Gasteiger partial charge in [0.05, 0.1) is 12.0 Å². The summed E-state index contributed by atoms with van der Waals surface area (Å²) in [7, 11) is 0. The van der Waals surface area contributed by atoms with Crippen LogP contribution < -0.4 is 0 Å².